The van der Waals surface area contributed by atoms with Gasteiger partial charge in [-0.3, -0.25) is 0 Å². The van der Waals surface area contributed by atoms with Gasteiger partial charge in [-0.2, -0.15) is 0 Å². The maximum Gasteiger partial charge on any atom is 0.166 e. The molecule has 0 aliphatic rings. The lowest BCUT2D eigenvalue weighted by Gasteiger charge is -2.09. The molecule has 0 atom stereocenters. The minimum Gasteiger partial charge on any atom is -0.472 e. The highest BCUT2D eigenvalue weighted by Crippen LogP contribution is 2.31. The van der Waals surface area contributed by atoms with Crippen molar-refractivity contribution >= 4 is 27.4 Å². The predicted octanol–water partition coefficient (Wildman–Crippen LogP) is 7.25. The Bertz CT molecular complexity index is 1400. The summed E-state index contributed by atoms with van der Waals surface area (Å²) in [5, 5.41) is 4.49. The molecule has 3 aromatic heterocycles. The van der Waals surface area contributed by atoms with Crippen LogP contribution in [0.25, 0.3) is 32.7 Å². The Morgan fingerprint density at radius 2 is 1.82 bits per heavy atom. The molecule has 0 amide bonds. The minimum atomic E-state index is -0.573. The third-order valence-electron chi connectivity index (χ3n) is 5.43. The van der Waals surface area contributed by atoms with Gasteiger partial charge in [0.1, 0.15) is 28.5 Å². The van der Waals surface area contributed by atoms with Gasteiger partial charge in [0, 0.05) is 23.1 Å². The van der Waals surface area contributed by atoms with Crippen LogP contribution in [0.2, 0.25) is 0 Å². The van der Waals surface area contributed by atoms with Crippen LogP contribution >= 0.6 is 11.3 Å². The first-order valence-corrected chi connectivity index (χ1v) is 11.5. The number of nitrogens with one attached hydrogen (secondary N) is 1. The number of hydrogen-bond acceptors (Lipinski definition) is 5. The van der Waals surface area contributed by atoms with E-state index in [0.29, 0.717) is 11.4 Å². The number of anilines is 1. The topological polar surface area (TPSA) is 51.0 Å². The Morgan fingerprint density at radius 3 is 2.58 bits per heavy atom. The highest BCUT2D eigenvalue weighted by atomic mass is 32.1. The lowest BCUT2D eigenvalue weighted by atomic mass is 10.0. The van der Waals surface area contributed by atoms with E-state index in [4.69, 9.17) is 9.40 Å². The van der Waals surface area contributed by atoms with Gasteiger partial charge in [0.05, 0.1) is 17.2 Å². The Hall–Kier alpha value is -3.58. The fourth-order valence-corrected chi connectivity index (χ4v) is 4.65. The summed E-state index contributed by atoms with van der Waals surface area (Å²) in [7, 11) is 0. The molecule has 5 aromatic rings. The monoisotopic (exact) mass is 461 g/mol. The van der Waals surface area contributed by atoms with E-state index in [-0.39, 0.29) is 0 Å². The molecule has 0 saturated heterocycles. The number of benzene rings is 2. The average Bonchev–Trinajstić information content (AvgIpc) is 3.46. The van der Waals surface area contributed by atoms with Gasteiger partial charge >= 0.3 is 0 Å². The molecular weight excluding hydrogens is 440 g/mol. The zero-order valence-corrected chi connectivity index (χ0v) is 18.8. The molecular formula is C26H21F2N3OS. The molecule has 4 nitrogen and oxygen atoms in total. The van der Waals surface area contributed by atoms with E-state index in [1.807, 2.05) is 30.3 Å². The van der Waals surface area contributed by atoms with Crippen molar-refractivity contribution in [2.45, 2.75) is 19.8 Å². The van der Waals surface area contributed by atoms with Crippen molar-refractivity contribution in [1.82, 2.24) is 9.97 Å². The first kappa shape index (κ1) is 21.3. The van der Waals surface area contributed by atoms with Gasteiger partial charge in [-0.15, -0.1) is 11.3 Å². The molecule has 0 unspecified atom stereocenters. The highest BCUT2D eigenvalue weighted by molar-refractivity contribution is 7.18. The maximum absolute atomic E-state index is 14.0. The first-order valence-electron chi connectivity index (χ1n) is 10.7. The van der Waals surface area contributed by atoms with Crippen molar-refractivity contribution in [2.24, 2.45) is 0 Å². The number of aromatic nitrogens is 2. The first-order chi connectivity index (χ1) is 16.1. The summed E-state index contributed by atoms with van der Waals surface area (Å²) in [5.41, 5.74) is 3.14. The van der Waals surface area contributed by atoms with E-state index in [0.717, 1.165) is 58.2 Å². The molecule has 5 rings (SSSR count). The van der Waals surface area contributed by atoms with Crippen LogP contribution < -0.4 is 5.32 Å². The molecule has 0 saturated carbocycles. The second-order valence-electron chi connectivity index (χ2n) is 7.84. The molecule has 0 aliphatic carbocycles. The third kappa shape index (κ3) is 4.64. The van der Waals surface area contributed by atoms with Crippen LogP contribution in [0.15, 0.2) is 71.5 Å². The molecule has 166 valence electrons. The quantitative estimate of drug-likeness (QED) is 0.259. The second kappa shape index (κ2) is 9.11. The number of aryl methyl sites for hydroxylation is 2. The number of nitrogens with zero attached hydrogens (tertiary/aromatic N) is 2. The van der Waals surface area contributed by atoms with Crippen molar-refractivity contribution in [3.8, 4) is 22.5 Å². The van der Waals surface area contributed by atoms with Crippen LogP contribution in [0.1, 0.15) is 16.9 Å². The molecule has 2 aromatic carbocycles. The van der Waals surface area contributed by atoms with E-state index in [1.165, 1.54) is 17.0 Å². The normalized spacial score (nSPS) is 11.2. The van der Waals surface area contributed by atoms with Gasteiger partial charge < -0.3 is 9.73 Å². The molecule has 1 N–H and O–H groups in total. The lowest BCUT2D eigenvalue weighted by molar-refractivity contribution is 0.568. The summed E-state index contributed by atoms with van der Waals surface area (Å²) in [6.45, 7) is 2.81. The number of thiophene rings is 1. The summed E-state index contributed by atoms with van der Waals surface area (Å²) >= 11 is 1.65. The zero-order chi connectivity index (χ0) is 22.8. The summed E-state index contributed by atoms with van der Waals surface area (Å²) in [4.78, 5) is 11.5. The van der Waals surface area contributed by atoms with E-state index in [9.17, 15) is 8.78 Å². The van der Waals surface area contributed by atoms with E-state index >= 15 is 0 Å². The van der Waals surface area contributed by atoms with Crippen molar-refractivity contribution in [2.75, 3.05) is 11.9 Å². The van der Waals surface area contributed by atoms with E-state index < -0.39 is 11.6 Å². The fourth-order valence-electron chi connectivity index (χ4n) is 3.77. The van der Waals surface area contributed by atoms with Gasteiger partial charge in [-0.1, -0.05) is 24.3 Å². The Morgan fingerprint density at radius 1 is 0.970 bits per heavy atom. The average molecular weight is 462 g/mol. The second-order valence-corrected chi connectivity index (χ2v) is 9.07. The molecule has 0 radical (unpaired) electrons. The Labute approximate surface area is 193 Å². The van der Waals surface area contributed by atoms with Crippen molar-refractivity contribution in [3.63, 3.8) is 0 Å². The Balaban J connectivity index is 1.25. The van der Waals surface area contributed by atoms with Crippen LogP contribution in [-0.2, 0) is 6.42 Å². The minimum absolute atomic E-state index is 0.400. The molecule has 7 heteroatoms. The molecule has 0 spiro atoms. The van der Waals surface area contributed by atoms with Crippen molar-refractivity contribution in [1.29, 1.82) is 0 Å². The number of hydrogen-bond donors (Lipinski definition) is 1. The number of furan rings is 1. The van der Waals surface area contributed by atoms with Gasteiger partial charge in [0.15, 0.2) is 5.82 Å². The fraction of sp³-hybridized carbons (Fsp3) is 0.154. The number of rotatable bonds is 7. The van der Waals surface area contributed by atoms with Crippen LogP contribution in [-0.4, -0.2) is 16.5 Å². The zero-order valence-electron chi connectivity index (χ0n) is 17.9. The third-order valence-corrected chi connectivity index (χ3v) is 6.37. The SMILES string of the molecule is Cc1cc2c(NCCCc3ccc(-c4ccc(F)cc4F)cc3)nc(-c3ccoc3)nc2s1. The van der Waals surface area contributed by atoms with Crippen LogP contribution in [0.5, 0.6) is 0 Å². The Kier molecular flexibility index (Phi) is 5.88. The van der Waals surface area contributed by atoms with Crippen molar-refractivity contribution < 1.29 is 13.2 Å². The molecule has 33 heavy (non-hydrogen) atoms. The molecule has 3 heterocycles. The van der Waals surface area contributed by atoms with Crippen molar-refractivity contribution in [3.05, 3.63) is 89.2 Å². The largest absolute Gasteiger partial charge is 0.472 e. The van der Waals surface area contributed by atoms with Gasteiger partial charge in [0.25, 0.3) is 0 Å². The summed E-state index contributed by atoms with van der Waals surface area (Å²) < 4.78 is 32.3. The predicted molar refractivity (Wildman–Crippen MR) is 128 cm³/mol. The standard InChI is InChI=1S/C26H21F2N3OS/c1-16-13-22-25(30-24(31-26(22)33-16)19-10-12-32-15-19)29-11-2-3-17-4-6-18(7-5-17)21-9-8-20(27)14-23(21)28/h4-10,12-15H,2-3,11H2,1H3,(H,29,30,31). The van der Waals surface area contributed by atoms with Crippen LogP contribution in [0.3, 0.4) is 0 Å². The summed E-state index contributed by atoms with van der Waals surface area (Å²) in [6, 6.07) is 15.3. The van der Waals surface area contributed by atoms with E-state index in [1.54, 1.807) is 23.9 Å². The van der Waals surface area contributed by atoms with Crippen LogP contribution in [0.4, 0.5) is 14.6 Å². The highest BCUT2D eigenvalue weighted by Gasteiger charge is 2.12. The summed E-state index contributed by atoms with van der Waals surface area (Å²) in [5.74, 6) is 0.337. The van der Waals surface area contributed by atoms with Gasteiger partial charge in [-0.25, -0.2) is 18.7 Å². The molecule has 0 bridgehead atoms. The number of fused-ring (bicyclic) bond motifs is 1. The van der Waals surface area contributed by atoms with Gasteiger partial charge in [0.2, 0.25) is 0 Å². The van der Waals surface area contributed by atoms with Gasteiger partial charge in [-0.05, 0) is 55.2 Å². The smallest absolute Gasteiger partial charge is 0.166 e. The van der Waals surface area contributed by atoms with E-state index in [2.05, 4.69) is 23.3 Å². The molecule has 0 aliphatic heterocycles. The van der Waals surface area contributed by atoms with Crippen LogP contribution in [0, 0.1) is 18.6 Å². The number of halogens is 2. The lowest BCUT2D eigenvalue weighted by Crippen LogP contribution is -2.06. The molecule has 0 fully saturated rings. The summed E-state index contributed by atoms with van der Waals surface area (Å²) in [6.07, 6.45) is 5.03. The maximum atomic E-state index is 14.0.